The molecule has 0 aromatic carbocycles. The van der Waals surface area contributed by atoms with Gasteiger partial charge in [0.25, 0.3) is 0 Å². The summed E-state index contributed by atoms with van der Waals surface area (Å²) in [7, 11) is 0. The fraction of sp³-hybridized carbons (Fsp3) is 0.615. The first-order valence-corrected chi connectivity index (χ1v) is 7.70. The van der Waals surface area contributed by atoms with E-state index in [9.17, 15) is 18.0 Å². The molecule has 0 spiro atoms. The van der Waals surface area contributed by atoms with Crippen molar-refractivity contribution in [2.45, 2.75) is 39.3 Å². The first-order chi connectivity index (χ1) is 9.07. The van der Waals surface area contributed by atoms with Crippen LogP contribution in [0.2, 0.25) is 0 Å². The van der Waals surface area contributed by atoms with Gasteiger partial charge in [-0.05, 0) is 28.4 Å². The Balaban J connectivity index is 2.32. The highest BCUT2D eigenvalue weighted by Crippen LogP contribution is 2.33. The van der Waals surface area contributed by atoms with Crippen molar-refractivity contribution in [2.75, 3.05) is 6.61 Å². The van der Waals surface area contributed by atoms with Crippen LogP contribution in [0.1, 0.15) is 31.6 Å². The van der Waals surface area contributed by atoms with Crippen molar-refractivity contribution in [3.8, 4) is 0 Å². The van der Waals surface area contributed by atoms with E-state index in [0.29, 0.717) is 6.42 Å². The third-order valence-electron chi connectivity index (χ3n) is 2.50. The zero-order chi connectivity index (χ0) is 15.4. The van der Waals surface area contributed by atoms with E-state index in [-0.39, 0.29) is 13.0 Å². The molecular weight excluding hydrogens is 357 g/mol. The van der Waals surface area contributed by atoms with Crippen molar-refractivity contribution < 1.29 is 22.7 Å². The summed E-state index contributed by atoms with van der Waals surface area (Å²) in [5, 5.41) is 1.91. The zero-order valence-electron chi connectivity index (χ0n) is 11.2. The number of aryl methyl sites for hydroxylation is 1. The van der Waals surface area contributed by atoms with Crippen LogP contribution in [-0.4, -0.2) is 18.8 Å². The Morgan fingerprint density at radius 3 is 2.55 bits per heavy atom. The Morgan fingerprint density at radius 2 is 2.05 bits per heavy atom. The molecule has 0 aliphatic rings. The summed E-state index contributed by atoms with van der Waals surface area (Å²) in [6.45, 7) is 2.65. The number of alkyl halides is 3. The van der Waals surface area contributed by atoms with Crippen molar-refractivity contribution in [1.29, 1.82) is 0 Å². The summed E-state index contributed by atoms with van der Waals surface area (Å²) in [4.78, 5) is 12.6. The van der Waals surface area contributed by atoms with Crippen LogP contribution in [0.25, 0.3) is 0 Å². The molecule has 0 saturated heterocycles. The summed E-state index contributed by atoms with van der Waals surface area (Å²) < 4.78 is 42.8. The quantitative estimate of drug-likeness (QED) is 0.659. The van der Waals surface area contributed by atoms with Crippen molar-refractivity contribution in [3.05, 3.63) is 20.8 Å². The van der Waals surface area contributed by atoms with Gasteiger partial charge in [-0.2, -0.15) is 13.2 Å². The number of esters is 1. The monoisotopic (exact) mass is 372 g/mol. The van der Waals surface area contributed by atoms with Crippen molar-refractivity contribution in [1.82, 2.24) is 0 Å². The van der Waals surface area contributed by atoms with Gasteiger partial charge in [0.05, 0.1) is 19.4 Å². The summed E-state index contributed by atoms with van der Waals surface area (Å²) in [5.74, 6) is -0.468. The van der Waals surface area contributed by atoms with E-state index < -0.39 is 24.0 Å². The number of carbonyl (C=O) groups excluding carboxylic acids is 1. The minimum Gasteiger partial charge on any atom is -0.465 e. The lowest BCUT2D eigenvalue weighted by Gasteiger charge is -2.25. The smallest absolute Gasteiger partial charge is 0.389 e. The third-order valence-corrected chi connectivity index (χ3v) is 4.26. The molecule has 0 saturated carbocycles. The normalized spacial score (nSPS) is 12.5. The summed E-state index contributed by atoms with van der Waals surface area (Å²) in [6.07, 6.45) is -4.51. The molecule has 1 aromatic rings. The molecule has 0 N–H and O–H groups in total. The molecule has 0 bridgehead atoms. The van der Waals surface area contributed by atoms with Gasteiger partial charge in [0.15, 0.2) is 0 Å². The predicted molar refractivity (Wildman–Crippen MR) is 75.8 cm³/mol. The van der Waals surface area contributed by atoms with Gasteiger partial charge < -0.3 is 4.74 Å². The van der Waals surface area contributed by atoms with Crippen molar-refractivity contribution >= 4 is 33.2 Å². The number of rotatable bonds is 6. The van der Waals surface area contributed by atoms with Crippen LogP contribution in [0.15, 0.2) is 15.9 Å². The molecule has 1 rings (SSSR count). The van der Waals surface area contributed by atoms with Crippen LogP contribution < -0.4 is 0 Å². The molecule has 1 aromatic heterocycles. The number of ether oxygens (including phenoxy) is 1. The lowest BCUT2D eigenvalue weighted by molar-refractivity contribution is -0.168. The van der Waals surface area contributed by atoms with Gasteiger partial charge in [0, 0.05) is 20.1 Å². The molecule has 1 heterocycles. The van der Waals surface area contributed by atoms with Gasteiger partial charge in [0.1, 0.15) is 0 Å². The van der Waals surface area contributed by atoms with Gasteiger partial charge >= 0.3 is 12.1 Å². The Bertz CT molecular complexity index is 455. The molecule has 20 heavy (non-hydrogen) atoms. The van der Waals surface area contributed by atoms with E-state index >= 15 is 0 Å². The van der Waals surface area contributed by atoms with Crippen LogP contribution in [0.5, 0.6) is 0 Å². The van der Waals surface area contributed by atoms with Crippen molar-refractivity contribution in [3.63, 3.8) is 0 Å². The number of thiophene rings is 1. The second-order valence-corrected chi connectivity index (χ2v) is 7.26. The lowest BCUT2D eigenvalue weighted by atomic mass is 9.90. The Hall–Kier alpha value is -0.560. The average molecular weight is 373 g/mol. The lowest BCUT2D eigenvalue weighted by Crippen LogP contribution is -2.28. The molecule has 0 radical (unpaired) electrons. The highest BCUT2D eigenvalue weighted by Gasteiger charge is 2.37. The van der Waals surface area contributed by atoms with E-state index in [0.717, 1.165) is 9.35 Å². The minimum absolute atomic E-state index is 0.176. The summed E-state index contributed by atoms with van der Waals surface area (Å²) in [5.41, 5.74) is -1.10. The van der Waals surface area contributed by atoms with Crippen LogP contribution in [0.4, 0.5) is 13.2 Å². The molecule has 0 fully saturated rings. The van der Waals surface area contributed by atoms with Crippen LogP contribution in [0.3, 0.4) is 0 Å². The first-order valence-electron chi connectivity index (χ1n) is 6.03. The molecule has 0 amide bonds. The maximum Gasteiger partial charge on any atom is 0.389 e. The average Bonchev–Trinajstić information content (AvgIpc) is 2.66. The van der Waals surface area contributed by atoms with Gasteiger partial charge in [-0.25, -0.2) is 0 Å². The van der Waals surface area contributed by atoms with Crippen molar-refractivity contribution in [2.24, 2.45) is 5.41 Å². The molecule has 0 unspecified atom stereocenters. The molecular formula is C13H16BrF3O2S. The van der Waals surface area contributed by atoms with E-state index in [4.69, 9.17) is 4.74 Å². The summed E-state index contributed by atoms with van der Waals surface area (Å²) >= 11 is 4.83. The predicted octanol–water partition coefficient (Wildman–Crippen LogP) is 4.97. The van der Waals surface area contributed by atoms with Gasteiger partial charge in [-0.1, -0.05) is 13.8 Å². The summed E-state index contributed by atoms with van der Waals surface area (Å²) in [6, 6.07) is 1.91. The SMILES string of the molecule is CC(C)(COC(=O)CCc1cc(Br)cs1)CC(F)(F)F. The highest BCUT2D eigenvalue weighted by atomic mass is 79.9. The molecule has 0 atom stereocenters. The maximum atomic E-state index is 12.3. The van der Waals surface area contributed by atoms with Gasteiger partial charge in [-0.15, -0.1) is 11.3 Å². The standard InChI is InChI=1S/C13H16BrF3O2S/c1-12(2,7-13(15,16)17)8-19-11(18)4-3-10-5-9(14)6-20-10/h5-6H,3-4,7-8H2,1-2H3. The number of halogens is 4. The number of carbonyl (C=O) groups is 1. The third kappa shape index (κ3) is 7.28. The number of hydrogen-bond donors (Lipinski definition) is 0. The molecule has 0 aliphatic heterocycles. The fourth-order valence-corrected chi connectivity index (χ4v) is 3.11. The Kier molecular flexibility index (Phi) is 6.06. The van der Waals surface area contributed by atoms with E-state index in [1.807, 2.05) is 11.4 Å². The van der Waals surface area contributed by atoms with Crippen LogP contribution in [-0.2, 0) is 16.0 Å². The van der Waals surface area contributed by atoms with E-state index in [1.165, 1.54) is 25.2 Å². The highest BCUT2D eigenvalue weighted by molar-refractivity contribution is 9.10. The molecule has 7 heteroatoms. The second kappa shape index (κ2) is 6.93. The Morgan fingerprint density at radius 1 is 1.40 bits per heavy atom. The first kappa shape index (κ1) is 17.5. The largest absolute Gasteiger partial charge is 0.465 e. The minimum atomic E-state index is -4.25. The van der Waals surface area contributed by atoms with E-state index in [1.54, 1.807) is 0 Å². The fourth-order valence-electron chi connectivity index (χ4n) is 1.65. The second-order valence-electron chi connectivity index (χ2n) is 5.35. The van der Waals surface area contributed by atoms with Gasteiger partial charge in [0.2, 0.25) is 0 Å². The molecule has 0 aliphatic carbocycles. The van der Waals surface area contributed by atoms with Crippen LogP contribution >= 0.6 is 27.3 Å². The molecule has 114 valence electrons. The topological polar surface area (TPSA) is 26.3 Å². The maximum absolute atomic E-state index is 12.3. The van der Waals surface area contributed by atoms with E-state index in [2.05, 4.69) is 15.9 Å². The molecule has 2 nitrogen and oxygen atoms in total. The Labute approximate surface area is 128 Å². The zero-order valence-corrected chi connectivity index (χ0v) is 13.6. The van der Waals surface area contributed by atoms with Gasteiger partial charge in [-0.3, -0.25) is 4.79 Å². The van der Waals surface area contributed by atoms with Crippen LogP contribution in [0, 0.1) is 5.41 Å². The number of hydrogen-bond acceptors (Lipinski definition) is 3.